The molecule has 0 saturated carbocycles. The highest BCUT2D eigenvalue weighted by Gasteiger charge is 2.16. The molecule has 0 aliphatic carbocycles. The zero-order valence-corrected chi connectivity index (χ0v) is 17.7. The summed E-state index contributed by atoms with van der Waals surface area (Å²) in [6.45, 7) is 13.8. The number of methoxy groups -OCH3 is 1. The first-order valence-electron chi connectivity index (χ1n) is 8.21. The van der Waals surface area contributed by atoms with E-state index in [0.29, 0.717) is 0 Å². The van der Waals surface area contributed by atoms with Crippen LogP contribution in [0.1, 0.15) is 47.0 Å². The predicted molar refractivity (Wildman–Crippen MR) is 108 cm³/mol. The van der Waals surface area contributed by atoms with E-state index in [2.05, 4.69) is 48.2 Å². The first kappa shape index (κ1) is 24.2. The molecule has 0 aromatic carbocycles. The molecule has 0 aromatic rings. The summed E-state index contributed by atoms with van der Waals surface area (Å²) >= 11 is 0. The number of halogens is 1. The van der Waals surface area contributed by atoms with E-state index in [-0.39, 0.29) is 29.6 Å². The highest BCUT2D eigenvalue weighted by Crippen LogP contribution is 2.04. The minimum atomic E-state index is -0.184. The fourth-order valence-corrected chi connectivity index (χ4v) is 2.07. The van der Waals surface area contributed by atoms with Gasteiger partial charge in [-0.3, -0.25) is 4.99 Å². The maximum absolute atomic E-state index is 5.39. The molecule has 6 heteroatoms. The van der Waals surface area contributed by atoms with Crippen LogP contribution in [-0.2, 0) is 4.74 Å². The second-order valence-corrected chi connectivity index (χ2v) is 6.01. The molecular weight excluding hydrogens is 391 g/mol. The molecule has 0 saturated heterocycles. The van der Waals surface area contributed by atoms with E-state index in [9.17, 15) is 0 Å². The minimum absolute atomic E-state index is 0. The Morgan fingerprint density at radius 2 is 1.68 bits per heavy atom. The van der Waals surface area contributed by atoms with Gasteiger partial charge < -0.3 is 20.3 Å². The van der Waals surface area contributed by atoms with E-state index in [1.807, 2.05) is 0 Å². The van der Waals surface area contributed by atoms with Gasteiger partial charge in [0, 0.05) is 27.2 Å². The Kier molecular flexibility index (Phi) is 15.9. The molecule has 0 atom stereocenters. The van der Waals surface area contributed by atoms with Crippen molar-refractivity contribution in [1.29, 1.82) is 0 Å². The number of rotatable bonds is 11. The van der Waals surface area contributed by atoms with Gasteiger partial charge in [-0.2, -0.15) is 0 Å². The fourth-order valence-electron chi connectivity index (χ4n) is 2.07. The summed E-state index contributed by atoms with van der Waals surface area (Å²) in [6, 6.07) is 0. The molecule has 134 valence electrons. The topological polar surface area (TPSA) is 48.9 Å². The van der Waals surface area contributed by atoms with Crippen molar-refractivity contribution in [2.45, 2.75) is 52.6 Å². The molecule has 0 aliphatic heterocycles. The average molecular weight is 428 g/mol. The highest BCUT2D eigenvalue weighted by atomic mass is 127. The van der Waals surface area contributed by atoms with Crippen LogP contribution in [0, 0.1) is 0 Å². The third kappa shape index (κ3) is 12.5. The molecule has 22 heavy (non-hydrogen) atoms. The molecule has 0 aliphatic rings. The number of nitrogens with one attached hydrogen (secondary N) is 2. The summed E-state index contributed by atoms with van der Waals surface area (Å²) in [5, 5.41) is 6.66. The molecule has 0 amide bonds. The van der Waals surface area contributed by atoms with Gasteiger partial charge in [-0.15, -0.1) is 24.0 Å². The zero-order chi connectivity index (χ0) is 16.1. The number of aliphatic imine (C=N–C) groups is 1. The summed E-state index contributed by atoms with van der Waals surface area (Å²) in [5.74, 6) is 0.845. The Morgan fingerprint density at radius 1 is 1.09 bits per heavy atom. The lowest BCUT2D eigenvalue weighted by atomic mass is 10.1. The quantitative estimate of drug-likeness (QED) is 0.230. The minimum Gasteiger partial charge on any atom is -0.377 e. The van der Waals surface area contributed by atoms with E-state index in [1.165, 1.54) is 25.9 Å². The van der Waals surface area contributed by atoms with Crippen molar-refractivity contribution in [3.8, 4) is 0 Å². The second-order valence-electron chi connectivity index (χ2n) is 6.01. The molecule has 0 rings (SSSR count). The standard InChI is InChI=1S/C16H36N4O.HI/c1-7-11-20(12-8-2)13-9-10-18-15(17-5)19-14-16(3,4)21-6;/h7-14H2,1-6H3,(H2,17,18,19);1H. The number of hydrogen-bond acceptors (Lipinski definition) is 3. The van der Waals surface area contributed by atoms with E-state index < -0.39 is 0 Å². The van der Waals surface area contributed by atoms with Crippen LogP contribution < -0.4 is 10.6 Å². The van der Waals surface area contributed by atoms with Gasteiger partial charge in [0.05, 0.1) is 5.60 Å². The first-order chi connectivity index (χ1) is 9.99. The molecule has 0 bridgehead atoms. The lowest BCUT2D eigenvalue weighted by molar-refractivity contribution is 0.0268. The second kappa shape index (κ2) is 14.5. The molecule has 2 N–H and O–H groups in total. The predicted octanol–water partition coefficient (Wildman–Crippen LogP) is 2.71. The summed E-state index contributed by atoms with van der Waals surface area (Å²) in [5.41, 5.74) is -0.184. The molecule has 0 fully saturated rings. The molecule has 0 unspecified atom stereocenters. The summed E-state index contributed by atoms with van der Waals surface area (Å²) < 4.78 is 5.39. The van der Waals surface area contributed by atoms with Crippen LogP contribution in [0.5, 0.6) is 0 Å². The monoisotopic (exact) mass is 428 g/mol. The van der Waals surface area contributed by atoms with Crippen molar-refractivity contribution in [3.63, 3.8) is 0 Å². The SMILES string of the molecule is CCCN(CCC)CCCNC(=NC)NCC(C)(C)OC.I. The van der Waals surface area contributed by atoms with Crippen LogP contribution in [0.4, 0.5) is 0 Å². The lowest BCUT2D eigenvalue weighted by Crippen LogP contribution is -2.45. The molecule has 0 spiro atoms. The molecule has 0 radical (unpaired) electrons. The van der Waals surface area contributed by atoms with Gasteiger partial charge in [-0.05, 0) is 52.7 Å². The molecule has 5 nitrogen and oxygen atoms in total. The van der Waals surface area contributed by atoms with E-state index in [1.54, 1.807) is 14.2 Å². The normalized spacial score (nSPS) is 12.2. The Balaban J connectivity index is 0. The van der Waals surface area contributed by atoms with Crippen LogP contribution in [0.15, 0.2) is 4.99 Å². The number of hydrogen-bond donors (Lipinski definition) is 2. The van der Waals surface area contributed by atoms with Crippen LogP contribution in [0.3, 0.4) is 0 Å². The van der Waals surface area contributed by atoms with Gasteiger partial charge in [0.1, 0.15) is 0 Å². The van der Waals surface area contributed by atoms with Crippen molar-refractivity contribution in [1.82, 2.24) is 15.5 Å². The summed E-state index contributed by atoms with van der Waals surface area (Å²) in [6.07, 6.45) is 3.58. The van der Waals surface area contributed by atoms with Gasteiger partial charge in [-0.1, -0.05) is 13.8 Å². The largest absolute Gasteiger partial charge is 0.377 e. The van der Waals surface area contributed by atoms with Gasteiger partial charge >= 0.3 is 0 Å². The molecular formula is C16H37IN4O. The van der Waals surface area contributed by atoms with Gasteiger partial charge in [0.25, 0.3) is 0 Å². The Hall–Kier alpha value is -0.0800. The van der Waals surface area contributed by atoms with Gasteiger partial charge in [-0.25, -0.2) is 0 Å². The van der Waals surface area contributed by atoms with Gasteiger partial charge in [0.2, 0.25) is 0 Å². The van der Waals surface area contributed by atoms with Crippen LogP contribution in [-0.4, -0.2) is 63.3 Å². The highest BCUT2D eigenvalue weighted by molar-refractivity contribution is 14.0. The molecule has 0 aromatic heterocycles. The van der Waals surface area contributed by atoms with Gasteiger partial charge in [0.15, 0.2) is 5.96 Å². The van der Waals surface area contributed by atoms with Crippen LogP contribution >= 0.6 is 24.0 Å². The van der Waals surface area contributed by atoms with Crippen LogP contribution in [0.2, 0.25) is 0 Å². The van der Waals surface area contributed by atoms with Crippen molar-refractivity contribution in [3.05, 3.63) is 0 Å². The van der Waals surface area contributed by atoms with Crippen LogP contribution in [0.25, 0.3) is 0 Å². The van der Waals surface area contributed by atoms with Crippen molar-refractivity contribution < 1.29 is 4.74 Å². The van der Waals surface area contributed by atoms with E-state index in [4.69, 9.17) is 4.74 Å². The van der Waals surface area contributed by atoms with Crippen molar-refractivity contribution >= 4 is 29.9 Å². The van der Waals surface area contributed by atoms with E-state index >= 15 is 0 Å². The summed E-state index contributed by atoms with van der Waals surface area (Å²) in [7, 11) is 3.53. The maximum Gasteiger partial charge on any atom is 0.191 e. The number of guanidine groups is 1. The maximum atomic E-state index is 5.39. The lowest BCUT2D eigenvalue weighted by Gasteiger charge is -2.25. The van der Waals surface area contributed by atoms with Crippen molar-refractivity contribution in [2.24, 2.45) is 4.99 Å². The third-order valence-corrected chi connectivity index (χ3v) is 3.48. The fraction of sp³-hybridized carbons (Fsp3) is 0.938. The van der Waals surface area contributed by atoms with E-state index in [0.717, 1.165) is 32.0 Å². The Labute approximate surface area is 154 Å². The number of ether oxygens (including phenoxy) is 1. The summed E-state index contributed by atoms with van der Waals surface area (Å²) in [4.78, 5) is 6.77. The smallest absolute Gasteiger partial charge is 0.191 e. The van der Waals surface area contributed by atoms with Crippen molar-refractivity contribution in [2.75, 3.05) is 46.9 Å². The first-order valence-corrected chi connectivity index (χ1v) is 8.21. The zero-order valence-electron chi connectivity index (χ0n) is 15.4. The Bertz CT molecular complexity index is 279. The average Bonchev–Trinajstić information content (AvgIpc) is 2.47. The molecule has 0 heterocycles. The number of nitrogens with zero attached hydrogens (tertiary/aromatic N) is 2. The Morgan fingerprint density at radius 3 is 2.14 bits per heavy atom. The third-order valence-electron chi connectivity index (χ3n) is 3.48.